The fraction of sp³-hybridized carbons (Fsp3) is 0.200. The number of nitrogens with zero attached hydrogens (tertiary/aromatic N) is 3. The Bertz CT molecular complexity index is 1180. The number of aryl methyl sites for hydroxylation is 1. The van der Waals surface area contributed by atoms with Crippen molar-refractivity contribution in [3.63, 3.8) is 0 Å². The predicted octanol–water partition coefficient (Wildman–Crippen LogP) is 3.20. The van der Waals surface area contributed by atoms with Gasteiger partial charge >= 0.3 is 0 Å². The quantitative estimate of drug-likeness (QED) is 0.711. The van der Waals surface area contributed by atoms with Crippen molar-refractivity contribution in [2.24, 2.45) is 7.05 Å². The van der Waals surface area contributed by atoms with Crippen LogP contribution >= 0.6 is 11.6 Å². The van der Waals surface area contributed by atoms with Crippen LogP contribution in [-0.2, 0) is 23.5 Å². The van der Waals surface area contributed by atoms with E-state index in [4.69, 9.17) is 11.6 Å². The number of imidazole rings is 1. The Morgan fingerprint density at radius 2 is 2.11 bits per heavy atom. The summed E-state index contributed by atoms with van der Waals surface area (Å²) in [5, 5.41) is 0.590. The lowest BCUT2D eigenvalue weighted by molar-refractivity contribution is 0.578. The summed E-state index contributed by atoms with van der Waals surface area (Å²) in [6.45, 7) is 0. The number of hydrogen-bond donors (Lipinski definition) is 1. The van der Waals surface area contributed by atoms with Gasteiger partial charge < -0.3 is 4.57 Å². The Hall–Kier alpha value is -2.48. The number of pyridine rings is 1. The Labute approximate surface area is 169 Å². The summed E-state index contributed by atoms with van der Waals surface area (Å²) in [5.74, 6) is 0. The normalized spacial score (nSPS) is 14.6. The molecule has 3 aromatic rings. The Balaban J connectivity index is 1.99. The van der Waals surface area contributed by atoms with Gasteiger partial charge in [-0.2, -0.15) is 0 Å². The summed E-state index contributed by atoms with van der Waals surface area (Å²) < 4.78 is 29.0. The van der Waals surface area contributed by atoms with Crippen LogP contribution in [0.1, 0.15) is 34.1 Å². The zero-order valence-electron chi connectivity index (χ0n) is 15.4. The first-order valence-corrected chi connectivity index (χ1v) is 11.0. The molecular formula is C20H19ClN4O2S. The van der Waals surface area contributed by atoms with Crippen molar-refractivity contribution >= 4 is 33.3 Å². The second kappa shape index (κ2) is 7.16. The SMILES string of the molecule is Cn1cncc1C(NS(C)(=O)=O)C1=Cc2cccnc2Cc2ccc(Cl)cc21. The minimum Gasteiger partial charge on any atom is -0.336 e. The number of nitrogens with one attached hydrogen (secondary N) is 1. The molecule has 6 nitrogen and oxygen atoms in total. The Kier molecular flexibility index (Phi) is 4.82. The van der Waals surface area contributed by atoms with E-state index in [-0.39, 0.29) is 0 Å². The second-order valence-corrected chi connectivity index (χ2v) is 9.09. The summed E-state index contributed by atoms with van der Waals surface area (Å²) in [5.41, 5.74) is 5.35. The molecule has 0 fully saturated rings. The van der Waals surface area contributed by atoms with Gasteiger partial charge in [-0.1, -0.05) is 23.7 Å². The van der Waals surface area contributed by atoms with Crippen molar-refractivity contribution in [1.82, 2.24) is 19.3 Å². The molecule has 0 amide bonds. The van der Waals surface area contributed by atoms with Gasteiger partial charge in [-0.05, 0) is 46.5 Å². The summed E-state index contributed by atoms with van der Waals surface area (Å²) in [4.78, 5) is 8.69. The second-order valence-electron chi connectivity index (χ2n) is 6.87. The number of aromatic nitrogens is 3. The molecule has 1 aliphatic rings. The van der Waals surface area contributed by atoms with E-state index in [1.165, 1.54) is 0 Å². The average Bonchev–Trinajstić information content (AvgIpc) is 2.98. The molecule has 8 heteroatoms. The molecule has 4 rings (SSSR count). The molecule has 144 valence electrons. The molecule has 0 radical (unpaired) electrons. The lowest BCUT2D eigenvalue weighted by atomic mass is 9.92. The van der Waals surface area contributed by atoms with E-state index in [2.05, 4.69) is 14.7 Å². The van der Waals surface area contributed by atoms with Gasteiger partial charge in [0.25, 0.3) is 0 Å². The number of sulfonamides is 1. The van der Waals surface area contributed by atoms with Gasteiger partial charge in [-0.15, -0.1) is 0 Å². The third kappa shape index (κ3) is 3.73. The maximum Gasteiger partial charge on any atom is 0.209 e. The van der Waals surface area contributed by atoms with Crippen molar-refractivity contribution in [1.29, 1.82) is 0 Å². The van der Waals surface area contributed by atoms with E-state index in [9.17, 15) is 8.42 Å². The van der Waals surface area contributed by atoms with Gasteiger partial charge in [0.05, 0.1) is 36.2 Å². The molecule has 0 aliphatic heterocycles. The maximum absolute atomic E-state index is 12.2. The molecule has 28 heavy (non-hydrogen) atoms. The zero-order valence-corrected chi connectivity index (χ0v) is 17.0. The smallest absolute Gasteiger partial charge is 0.209 e. The molecule has 1 atom stereocenters. The fourth-order valence-corrected chi connectivity index (χ4v) is 4.36. The summed E-state index contributed by atoms with van der Waals surface area (Å²) in [7, 11) is -1.66. The average molecular weight is 415 g/mol. The summed E-state index contributed by atoms with van der Waals surface area (Å²) in [6.07, 6.45) is 8.86. The van der Waals surface area contributed by atoms with Crippen LogP contribution in [0.4, 0.5) is 0 Å². The van der Waals surface area contributed by atoms with Crippen LogP contribution in [0.5, 0.6) is 0 Å². The monoisotopic (exact) mass is 414 g/mol. The van der Waals surface area contributed by atoms with Gasteiger partial charge in [0, 0.05) is 24.7 Å². The minimum absolute atomic E-state index is 0.590. The van der Waals surface area contributed by atoms with Gasteiger partial charge in [0.15, 0.2) is 0 Å². The number of fused-ring (bicyclic) bond motifs is 2. The first kappa shape index (κ1) is 18.9. The first-order chi connectivity index (χ1) is 13.3. The standard InChI is InChI=1S/C20H19ClN4O2S/c1-25-12-22-11-19(25)20(24-28(2,26)27)17-8-14-4-3-7-23-18(14)9-13-5-6-15(21)10-16(13)17/h3-8,10-12,20,24H,9H2,1-2H3. The first-order valence-electron chi connectivity index (χ1n) is 8.69. The van der Waals surface area contributed by atoms with Crippen LogP contribution in [-0.4, -0.2) is 29.2 Å². The molecular weight excluding hydrogens is 396 g/mol. The van der Waals surface area contributed by atoms with Gasteiger partial charge in [0.1, 0.15) is 0 Å². The van der Waals surface area contributed by atoms with Crippen molar-refractivity contribution in [3.8, 4) is 0 Å². The van der Waals surface area contributed by atoms with E-state index < -0.39 is 16.1 Å². The van der Waals surface area contributed by atoms with Crippen LogP contribution in [0, 0.1) is 0 Å². The van der Waals surface area contributed by atoms with Crippen molar-refractivity contribution in [2.45, 2.75) is 12.5 Å². The third-order valence-corrected chi connectivity index (χ3v) is 5.67. The molecule has 2 heterocycles. The lowest BCUT2D eigenvalue weighted by Crippen LogP contribution is -2.29. The Morgan fingerprint density at radius 1 is 1.29 bits per heavy atom. The van der Waals surface area contributed by atoms with E-state index in [1.54, 1.807) is 18.7 Å². The van der Waals surface area contributed by atoms with Gasteiger partial charge in [-0.3, -0.25) is 4.98 Å². The molecule has 1 aromatic carbocycles. The molecule has 1 aliphatic carbocycles. The van der Waals surface area contributed by atoms with Crippen molar-refractivity contribution in [3.05, 3.63) is 82.2 Å². The third-order valence-electron chi connectivity index (χ3n) is 4.77. The number of rotatable bonds is 4. The highest BCUT2D eigenvalue weighted by Gasteiger charge is 2.28. The largest absolute Gasteiger partial charge is 0.336 e. The van der Waals surface area contributed by atoms with Crippen LogP contribution in [0.3, 0.4) is 0 Å². The zero-order chi connectivity index (χ0) is 19.9. The molecule has 0 bridgehead atoms. The van der Waals surface area contributed by atoms with E-state index in [0.717, 1.165) is 39.9 Å². The highest BCUT2D eigenvalue weighted by atomic mass is 35.5. The van der Waals surface area contributed by atoms with Crippen LogP contribution in [0.2, 0.25) is 5.02 Å². The fourth-order valence-electron chi connectivity index (χ4n) is 3.51. The molecule has 0 saturated heterocycles. The molecule has 0 spiro atoms. The minimum atomic E-state index is -3.50. The number of hydrogen-bond acceptors (Lipinski definition) is 4. The van der Waals surface area contributed by atoms with Crippen molar-refractivity contribution < 1.29 is 8.42 Å². The maximum atomic E-state index is 12.2. The molecule has 1 unspecified atom stereocenters. The lowest BCUT2D eigenvalue weighted by Gasteiger charge is -2.23. The van der Waals surface area contributed by atoms with E-state index >= 15 is 0 Å². The van der Waals surface area contributed by atoms with Crippen molar-refractivity contribution in [2.75, 3.05) is 6.26 Å². The number of halogens is 1. The topological polar surface area (TPSA) is 76.9 Å². The summed E-state index contributed by atoms with van der Waals surface area (Å²) in [6, 6.07) is 8.92. The van der Waals surface area contributed by atoms with Gasteiger partial charge in [-0.25, -0.2) is 18.1 Å². The van der Waals surface area contributed by atoms with Crippen LogP contribution in [0.25, 0.3) is 11.6 Å². The molecule has 2 aromatic heterocycles. The highest BCUT2D eigenvalue weighted by molar-refractivity contribution is 7.88. The Morgan fingerprint density at radius 3 is 2.82 bits per heavy atom. The predicted molar refractivity (Wildman–Crippen MR) is 110 cm³/mol. The summed E-state index contributed by atoms with van der Waals surface area (Å²) >= 11 is 6.30. The van der Waals surface area contributed by atoms with Crippen LogP contribution in [0.15, 0.2) is 49.1 Å². The van der Waals surface area contributed by atoms with E-state index in [0.29, 0.717) is 11.4 Å². The molecule has 0 saturated carbocycles. The molecule has 1 N–H and O–H groups in total. The van der Waals surface area contributed by atoms with E-state index in [1.807, 2.05) is 48.0 Å². The number of benzene rings is 1. The van der Waals surface area contributed by atoms with Gasteiger partial charge in [0.2, 0.25) is 10.0 Å². The highest BCUT2D eigenvalue weighted by Crippen LogP contribution is 2.38. The van der Waals surface area contributed by atoms with Crippen LogP contribution < -0.4 is 4.72 Å².